The Kier molecular flexibility index (Phi) is 5.78. The third-order valence-electron chi connectivity index (χ3n) is 3.56. The van der Waals surface area contributed by atoms with Crippen LogP contribution in [0.5, 0.6) is 5.75 Å². The third kappa shape index (κ3) is 4.97. The SMILES string of the molecule is CC(C)(N)c1cccc(OCCn2cccc2/C=C/C(=O)NO)c1. The number of nitrogens with one attached hydrogen (secondary N) is 1. The summed E-state index contributed by atoms with van der Waals surface area (Å²) in [6.07, 6.45) is 4.79. The summed E-state index contributed by atoms with van der Waals surface area (Å²) < 4.78 is 7.75. The number of aromatic nitrogens is 1. The second kappa shape index (κ2) is 7.81. The Morgan fingerprint density at radius 3 is 2.88 bits per heavy atom. The van der Waals surface area contributed by atoms with Crippen molar-refractivity contribution < 1.29 is 14.7 Å². The number of carbonyl (C=O) groups is 1. The van der Waals surface area contributed by atoms with Gasteiger partial charge in [0, 0.05) is 23.5 Å². The van der Waals surface area contributed by atoms with Crippen LogP contribution in [0.1, 0.15) is 25.1 Å². The second-order valence-corrected chi connectivity index (χ2v) is 6.03. The van der Waals surface area contributed by atoms with Gasteiger partial charge in [0.05, 0.1) is 6.54 Å². The van der Waals surface area contributed by atoms with Crippen molar-refractivity contribution in [2.24, 2.45) is 5.73 Å². The largest absolute Gasteiger partial charge is 0.492 e. The minimum atomic E-state index is -0.569. The van der Waals surface area contributed by atoms with E-state index in [0.717, 1.165) is 17.0 Å². The summed E-state index contributed by atoms with van der Waals surface area (Å²) in [6.45, 7) is 5.01. The van der Waals surface area contributed by atoms with Crippen molar-refractivity contribution in [3.8, 4) is 5.75 Å². The standard InChI is InChI=1S/C18H23N3O3/c1-18(2,19)14-5-3-7-16(13-14)24-12-11-21-10-4-6-15(21)8-9-17(22)20-23/h3-10,13,23H,11-12,19H2,1-2H3,(H,20,22)/b9-8+. The topological polar surface area (TPSA) is 89.5 Å². The molecule has 128 valence electrons. The highest BCUT2D eigenvalue weighted by Gasteiger charge is 2.14. The maximum atomic E-state index is 11.0. The van der Waals surface area contributed by atoms with Crippen LogP contribution in [0.4, 0.5) is 0 Å². The summed E-state index contributed by atoms with van der Waals surface area (Å²) in [6, 6.07) is 11.5. The van der Waals surface area contributed by atoms with E-state index in [1.54, 1.807) is 11.6 Å². The van der Waals surface area contributed by atoms with E-state index in [4.69, 9.17) is 15.7 Å². The van der Waals surface area contributed by atoms with Crippen LogP contribution >= 0.6 is 0 Å². The number of hydrogen-bond donors (Lipinski definition) is 3. The first kappa shape index (κ1) is 17.8. The molecule has 2 aromatic rings. The van der Waals surface area contributed by atoms with Crippen molar-refractivity contribution in [1.82, 2.24) is 10.0 Å². The molecule has 0 aliphatic rings. The molecular weight excluding hydrogens is 306 g/mol. The van der Waals surface area contributed by atoms with Gasteiger partial charge in [-0.1, -0.05) is 12.1 Å². The molecule has 0 atom stereocenters. The molecule has 0 aliphatic heterocycles. The number of rotatable bonds is 7. The molecule has 0 saturated carbocycles. The summed E-state index contributed by atoms with van der Waals surface area (Å²) >= 11 is 0. The Morgan fingerprint density at radius 2 is 2.17 bits per heavy atom. The number of amides is 1. The fourth-order valence-corrected chi connectivity index (χ4v) is 2.23. The van der Waals surface area contributed by atoms with Gasteiger partial charge in [-0.05, 0) is 49.8 Å². The maximum Gasteiger partial charge on any atom is 0.267 e. The van der Waals surface area contributed by atoms with E-state index in [9.17, 15) is 4.79 Å². The van der Waals surface area contributed by atoms with Gasteiger partial charge in [0.1, 0.15) is 12.4 Å². The molecule has 6 heteroatoms. The van der Waals surface area contributed by atoms with E-state index in [2.05, 4.69) is 0 Å². The quantitative estimate of drug-likeness (QED) is 0.413. The highest BCUT2D eigenvalue weighted by molar-refractivity contribution is 5.90. The third-order valence-corrected chi connectivity index (χ3v) is 3.56. The summed E-state index contributed by atoms with van der Waals surface area (Å²) in [5.41, 5.74) is 9.11. The van der Waals surface area contributed by atoms with Gasteiger partial charge in [-0.3, -0.25) is 10.0 Å². The van der Waals surface area contributed by atoms with Crippen molar-refractivity contribution in [2.45, 2.75) is 25.9 Å². The minimum Gasteiger partial charge on any atom is -0.492 e. The Balaban J connectivity index is 1.95. The molecule has 24 heavy (non-hydrogen) atoms. The van der Waals surface area contributed by atoms with Crippen LogP contribution < -0.4 is 16.0 Å². The Hall–Kier alpha value is -2.57. The van der Waals surface area contributed by atoms with E-state index >= 15 is 0 Å². The van der Waals surface area contributed by atoms with Gasteiger partial charge < -0.3 is 15.0 Å². The van der Waals surface area contributed by atoms with Crippen molar-refractivity contribution in [3.63, 3.8) is 0 Å². The van der Waals surface area contributed by atoms with Gasteiger partial charge in [0.25, 0.3) is 5.91 Å². The van der Waals surface area contributed by atoms with E-state index in [1.165, 1.54) is 6.08 Å². The number of ether oxygens (including phenoxy) is 1. The number of hydrogen-bond acceptors (Lipinski definition) is 4. The first-order chi connectivity index (χ1) is 11.4. The summed E-state index contributed by atoms with van der Waals surface area (Å²) in [5, 5.41) is 8.49. The first-order valence-corrected chi connectivity index (χ1v) is 7.69. The molecule has 0 saturated heterocycles. The number of carbonyl (C=O) groups excluding carboxylic acids is 1. The molecule has 0 radical (unpaired) electrons. The summed E-state index contributed by atoms with van der Waals surface area (Å²) in [5.74, 6) is 0.204. The first-order valence-electron chi connectivity index (χ1n) is 7.69. The van der Waals surface area contributed by atoms with E-state index < -0.39 is 11.4 Å². The molecule has 6 nitrogen and oxygen atoms in total. The zero-order chi connectivity index (χ0) is 17.6. The lowest BCUT2D eigenvalue weighted by Crippen LogP contribution is -2.28. The number of hydroxylamine groups is 1. The smallest absolute Gasteiger partial charge is 0.267 e. The van der Waals surface area contributed by atoms with Crippen LogP contribution in [0.3, 0.4) is 0 Å². The zero-order valence-corrected chi connectivity index (χ0v) is 13.9. The van der Waals surface area contributed by atoms with Gasteiger partial charge >= 0.3 is 0 Å². The molecule has 1 amide bonds. The van der Waals surface area contributed by atoms with E-state index in [1.807, 2.05) is 61.0 Å². The summed E-state index contributed by atoms with van der Waals surface area (Å²) in [7, 11) is 0. The van der Waals surface area contributed by atoms with Crippen LogP contribution in [-0.2, 0) is 16.9 Å². The van der Waals surface area contributed by atoms with Gasteiger partial charge in [-0.25, -0.2) is 5.48 Å². The molecule has 0 spiro atoms. The molecule has 2 rings (SSSR count). The fourth-order valence-electron chi connectivity index (χ4n) is 2.23. The molecule has 1 heterocycles. The number of nitrogens with zero attached hydrogens (tertiary/aromatic N) is 1. The molecule has 0 aliphatic carbocycles. The summed E-state index contributed by atoms with van der Waals surface area (Å²) in [4.78, 5) is 11.0. The van der Waals surface area contributed by atoms with Crippen molar-refractivity contribution in [3.05, 3.63) is 59.9 Å². The van der Waals surface area contributed by atoms with Crippen LogP contribution in [-0.4, -0.2) is 22.3 Å². The van der Waals surface area contributed by atoms with Crippen molar-refractivity contribution >= 4 is 12.0 Å². The minimum absolute atomic E-state index is 0.412. The fraction of sp³-hybridized carbons (Fsp3) is 0.278. The monoisotopic (exact) mass is 329 g/mol. The molecule has 0 fully saturated rings. The average molecular weight is 329 g/mol. The van der Waals surface area contributed by atoms with E-state index in [-0.39, 0.29) is 0 Å². The Bertz CT molecular complexity index is 714. The molecule has 1 aromatic carbocycles. The molecule has 4 N–H and O–H groups in total. The Morgan fingerprint density at radius 1 is 1.38 bits per heavy atom. The van der Waals surface area contributed by atoms with Gasteiger partial charge in [-0.15, -0.1) is 0 Å². The van der Waals surface area contributed by atoms with Crippen LogP contribution in [0.15, 0.2) is 48.7 Å². The molecular formula is C18H23N3O3. The van der Waals surface area contributed by atoms with Gasteiger partial charge in [-0.2, -0.15) is 0 Å². The normalized spacial score (nSPS) is 11.7. The average Bonchev–Trinajstić information content (AvgIpc) is 2.99. The van der Waals surface area contributed by atoms with Gasteiger partial charge in [0.2, 0.25) is 0 Å². The van der Waals surface area contributed by atoms with Crippen molar-refractivity contribution in [1.29, 1.82) is 0 Å². The lowest BCUT2D eigenvalue weighted by Gasteiger charge is -2.20. The van der Waals surface area contributed by atoms with Crippen LogP contribution in [0.2, 0.25) is 0 Å². The zero-order valence-electron chi connectivity index (χ0n) is 13.9. The predicted molar refractivity (Wildman–Crippen MR) is 92.5 cm³/mol. The molecule has 1 aromatic heterocycles. The number of nitrogens with two attached hydrogens (primary N) is 1. The highest BCUT2D eigenvalue weighted by Crippen LogP contribution is 2.21. The Labute approximate surface area is 141 Å². The lowest BCUT2D eigenvalue weighted by atomic mass is 9.96. The van der Waals surface area contributed by atoms with E-state index in [0.29, 0.717) is 13.2 Å². The number of benzene rings is 1. The van der Waals surface area contributed by atoms with Crippen LogP contribution in [0, 0.1) is 0 Å². The van der Waals surface area contributed by atoms with Crippen molar-refractivity contribution in [2.75, 3.05) is 6.61 Å². The lowest BCUT2D eigenvalue weighted by molar-refractivity contribution is -0.124. The predicted octanol–water partition coefficient (Wildman–Crippen LogP) is 2.28. The second-order valence-electron chi connectivity index (χ2n) is 6.03. The molecule has 0 bridgehead atoms. The molecule has 0 unspecified atom stereocenters. The van der Waals surface area contributed by atoms with Gasteiger partial charge in [0.15, 0.2) is 0 Å². The maximum absolute atomic E-state index is 11.0. The highest BCUT2D eigenvalue weighted by atomic mass is 16.5. The van der Waals surface area contributed by atoms with Crippen LogP contribution in [0.25, 0.3) is 6.08 Å².